The lowest BCUT2D eigenvalue weighted by molar-refractivity contribution is -0.858. The molecule has 0 aromatic carbocycles. The van der Waals surface area contributed by atoms with Crippen LogP contribution in [0, 0.1) is 11.8 Å². The number of hydrogen-bond acceptors (Lipinski definition) is 5. The highest BCUT2D eigenvalue weighted by atomic mass is 16.5. The van der Waals surface area contributed by atoms with Crippen LogP contribution in [-0.2, 0) is 23.9 Å². The average Bonchev–Trinajstić information content (AvgIpc) is 3.08. The summed E-state index contributed by atoms with van der Waals surface area (Å²) >= 11 is 0. The van der Waals surface area contributed by atoms with Crippen molar-refractivity contribution in [2.24, 2.45) is 11.8 Å². The Hall–Kier alpha value is -1.63. The molecule has 0 rings (SSSR count). The van der Waals surface area contributed by atoms with E-state index in [-0.39, 0.29) is 42.9 Å². The fourth-order valence-electron chi connectivity index (χ4n) is 6.60. The van der Waals surface area contributed by atoms with Crippen LogP contribution in [0.4, 0.5) is 0 Å². The van der Waals surface area contributed by atoms with Crippen molar-refractivity contribution in [3.8, 4) is 0 Å². The van der Waals surface area contributed by atoms with Crippen molar-refractivity contribution in [2.45, 2.75) is 195 Å². The molecule has 0 bridgehead atoms. The van der Waals surface area contributed by atoms with Gasteiger partial charge < -0.3 is 19.3 Å². The lowest BCUT2D eigenvalue weighted by Crippen LogP contribution is -3.05. The molecule has 0 spiro atoms. The molecule has 0 fully saturated rings. The van der Waals surface area contributed by atoms with Crippen molar-refractivity contribution >= 4 is 17.8 Å². The van der Waals surface area contributed by atoms with Crippen LogP contribution in [0.3, 0.4) is 0 Å². The van der Waals surface area contributed by atoms with Gasteiger partial charge in [0.15, 0.2) is 0 Å². The Morgan fingerprint density at radius 3 is 1.16 bits per heavy atom. The summed E-state index contributed by atoms with van der Waals surface area (Å²) in [5, 5.41) is 0. The molecule has 0 aromatic rings. The first kappa shape index (κ1) is 47.4. The zero-order chi connectivity index (χ0) is 36.4. The molecular weight excluding hydrogens is 612 g/mol. The maximum Gasteiger partial charge on any atom is 0.308 e. The molecule has 1 amide bonds. The lowest BCUT2D eigenvalue weighted by atomic mass is 9.94. The van der Waals surface area contributed by atoms with E-state index in [0.717, 1.165) is 77.2 Å². The van der Waals surface area contributed by atoms with Gasteiger partial charge in [-0.1, -0.05) is 156 Å². The van der Waals surface area contributed by atoms with Crippen molar-refractivity contribution in [2.75, 3.05) is 46.9 Å². The highest BCUT2D eigenvalue weighted by Gasteiger charge is 2.23. The SMILES string of the molecule is CCCCCCCCC(CCCCCC)C(=O)OCCN(CCOC(=O)C(CCCCCC)CCCCCCCC)C(=O)CCC[NH+](C)C. The van der Waals surface area contributed by atoms with Gasteiger partial charge in [0, 0.05) is 12.8 Å². The maximum atomic E-state index is 13.3. The van der Waals surface area contributed by atoms with Gasteiger partial charge in [-0.25, -0.2) is 0 Å². The number of amides is 1. The van der Waals surface area contributed by atoms with E-state index in [1.165, 1.54) is 94.8 Å². The molecule has 49 heavy (non-hydrogen) atoms. The Morgan fingerprint density at radius 2 is 0.816 bits per heavy atom. The molecular formula is C42H83N2O5+. The van der Waals surface area contributed by atoms with Crippen molar-refractivity contribution in [3.63, 3.8) is 0 Å². The van der Waals surface area contributed by atoms with E-state index in [4.69, 9.17) is 9.47 Å². The molecule has 0 saturated heterocycles. The largest absolute Gasteiger partial charge is 0.464 e. The van der Waals surface area contributed by atoms with Crippen molar-refractivity contribution < 1.29 is 28.8 Å². The molecule has 0 radical (unpaired) electrons. The Kier molecular flexibility index (Phi) is 33.6. The number of hydrogen-bond donors (Lipinski definition) is 1. The van der Waals surface area contributed by atoms with Gasteiger partial charge in [0.1, 0.15) is 13.2 Å². The minimum Gasteiger partial charge on any atom is -0.464 e. The van der Waals surface area contributed by atoms with E-state index >= 15 is 0 Å². The molecule has 2 atom stereocenters. The summed E-state index contributed by atoms with van der Waals surface area (Å²) in [6.45, 7) is 10.9. The summed E-state index contributed by atoms with van der Waals surface area (Å²) < 4.78 is 11.7. The molecule has 0 aliphatic carbocycles. The monoisotopic (exact) mass is 696 g/mol. The number of nitrogens with zero attached hydrogens (tertiary/aromatic N) is 1. The van der Waals surface area contributed by atoms with E-state index in [0.29, 0.717) is 19.5 Å². The highest BCUT2D eigenvalue weighted by Crippen LogP contribution is 2.22. The predicted molar refractivity (Wildman–Crippen MR) is 206 cm³/mol. The van der Waals surface area contributed by atoms with Gasteiger partial charge in [-0.05, 0) is 25.7 Å². The second-order valence-electron chi connectivity index (χ2n) is 15.0. The number of nitrogens with one attached hydrogen (secondary N) is 1. The first-order chi connectivity index (χ1) is 23.8. The summed E-state index contributed by atoms with van der Waals surface area (Å²) in [4.78, 5) is 42.8. The molecule has 0 aromatic heterocycles. The van der Waals surface area contributed by atoms with Crippen LogP contribution in [0.25, 0.3) is 0 Å². The molecule has 2 unspecified atom stereocenters. The van der Waals surface area contributed by atoms with Gasteiger partial charge >= 0.3 is 11.9 Å². The minimum absolute atomic E-state index is 0.0414. The van der Waals surface area contributed by atoms with Crippen LogP contribution >= 0.6 is 0 Å². The number of carbonyl (C=O) groups excluding carboxylic acids is 3. The van der Waals surface area contributed by atoms with Crippen LogP contribution in [0.5, 0.6) is 0 Å². The third-order valence-corrected chi connectivity index (χ3v) is 9.92. The van der Waals surface area contributed by atoms with Gasteiger partial charge in [0.05, 0.1) is 45.6 Å². The Morgan fingerprint density at radius 1 is 0.490 bits per heavy atom. The third kappa shape index (κ3) is 28.7. The van der Waals surface area contributed by atoms with Gasteiger partial charge in [-0.15, -0.1) is 0 Å². The van der Waals surface area contributed by atoms with Gasteiger partial charge in [0.25, 0.3) is 0 Å². The summed E-state index contributed by atoms with van der Waals surface area (Å²) in [6, 6.07) is 0. The fraction of sp³-hybridized carbons (Fsp3) is 0.929. The quantitative estimate of drug-likeness (QED) is 0.0522. The van der Waals surface area contributed by atoms with Crippen molar-refractivity contribution in [3.05, 3.63) is 0 Å². The number of unbranched alkanes of at least 4 members (excludes halogenated alkanes) is 16. The van der Waals surface area contributed by atoms with Gasteiger partial charge in [0.2, 0.25) is 5.91 Å². The molecule has 0 aliphatic rings. The Labute approximate surface area is 304 Å². The number of esters is 2. The number of quaternary nitrogens is 1. The number of ether oxygens (including phenoxy) is 2. The fourth-order valence-corrected chi connectivity index (χ4v) is 6.60. The summed E-state index contributed by atoms with van der Waals surface area (Å²) in [5.74, 6) is -0.296. The normalized spacial score (nSPS) is 12.6. The van der Waals surface area contributed by atoms with Crippen LogP contribution < -0.4 is 4.90 Å². The highest BCUT2D eigenvalue weighted by molar-refractivity contribution is 5.76. The second-order valence-corrected chi connectivity index (χ2v) is 15.0. The zero-order valence-electron chi connectivity index (χ0n) is 33.6. The van der Waals surface area contributed by atoms with Crippen molar-refractivity contribution in [1.82, 2.24) is 4.90 Å². The average molecular weight is 696 g/mol. The zero-order valence-corrected chi connectivity index (χ0v) is 33.6. The third-order valence-electron chi connectivity index (χ3n) is 9.92. The standard InChI is InChI=1S/C42H82N2O5/c1-7-11-15-19-21-25-30-38(28-23-17-13-9-3)41(46)48-36-34-44(40(45)32-27-33-43(5)6)35-37-49-42(47)39(29-24-18-14-10-4)31-26-22-20-16-12-8-2/h38-39H,7-37H2,1-6H3/p+1. The first-order valence-electron chi connectivity index (χ1n) is 21.2. The molecule has 290 valence electrons. The van der Waals surface area contributed by atoms with E-state index in [1.54, 1.807) is 4.90 Å². The minimum atomic E-state index is -0.110. The van der Waals surface area contributed by atoms with Crippen LogP contribution in [0.1, 0.15) is 195 Å². The van der Waals surface area contributed by atoms with E-state index in [1.807, 2.05) is 0 Å². The Balaban J connectivity index is 5.16. The van der Waals surface area contributed by atoms with Crippen LogP contribution in [-0.4, -0.2) is 69.7 Å². The van der Waals surface area contributed by atoms with Crippen LogP contribution in [0.15, 0.2) is 0 Å². The van der Waals surface area contributed by atoms with Gasteiger partial charge in [-0.2, -0.15) is 0 Å². The van der Waals surface area contributed by atoms with E-state index in [9.17, 15) is 14.4 Å². The lowest BCUT2D eigenvalue weighted by Gasteiger charge is -2.24. The summed E-state index contributed by atoms with van der Waals surface area (Å²) in [7, 11) is 4.18. The molecule has 0 aliphatic heterocycles. The second kappa shape index (κ2) is 34.8. The summed E-state index contributed by atoms with van der Waals surface area (Å²) in [6.07, 6.45) is 28.6. The topological polar surface area (TPSA) is 77.3 Å². The van der Waals surface area contributed by atoms with Crippen molar-refractivity contribution in [1.29, 1.82) is 0 Å². The predicted octanol–water partition coefficient (Wildman–Crippen LogP) is 9.50. The Bertz CT molecular complexity index is 724. The number of rotatable bonds is 36. The summed E-state index contributed by atoms with van der Waals surface area (Å²) in [5.41, 5.74) is 0. The molecule has 7 nitrogen and oxygen atoms in total. The number of carbonyl (C=O) groups is 3. The first-order valence-corrected chi connectivity index (χ1v) is 21.2. The van der Waals surface area contributed by atoms with E-state index in [2.05, 4.69) is 41.8 Å². The molecule has 1 N–H and O–H groups in total. The molecule has 0 heterocycles. The molecule has 7 heteroatoms. The maximum absolute atomic E-state index is 13.3. The van der Waals surface area contributed by atoms with Crippen LogP contribution in [0.2, 0.25) is 0 Å². The molecule has 0 saturated carbocycles. The van der Waals surface area contributed by atoms with E-state index < -0.39 is 0 Å². The van der Waals surface area contributed by atoms with Gasteiger partial charge in [-0.3, -0.25) is 14.4 Å². The smallest absolute Gasteiger partial charge is 0.308 e.